The molecule has 1 nitrogen and oxygen atoms in total. The number of anilines is 1. The molecule has 0 N–H and O–H groups in total. The molecule has 1 heterocycles. The number of nitrogens with zero attached hydrogens (tertiary/aromatic N) is 1. The van der Waals surface area contributed by atoms with Crippen LogP contribution in [0.1, 0.15) is 6.92 Å². The molecule has 6 heteroatoms. The van der Waals surface area contributed by atoms with Crippen molar-refractivity contribution in [1.82, 2.24) is 0 Å². The summed E-state index contributed by atoms with van der Waals surface area (Å²) in [6, 6.07) is 10.3. The molecule has 1 aliphatic carbocycles. The smallest absolute Gasteiger partial charge is 1.00 e. The molecule has 1 unspecified atom stereocenters. The molecule has 0 radical (unpaired) electrons. The van der Waals surface area contributed by atoms with E-state index >= 15 is 0 Å². The van der Waals surface area contributed by atoms with Gasteiger partial charge in [0.15, 0.2) is 0 Å². The Morgan fingerprint density at radius 3 is 2.25 bits per heavy atom. The van der Waals surface area contributed by atoms with Crippen LogP contribution in [-0.4, -0.2) is 5.50 Å². The van der Waals surface area contributed by atoms with Gasteiger partial charge in [0.2, 0.25) is 0 Å². The zero-order valence-corrected chi connectivity index (χ0v) is 16.1. The molecule has 104 valence electrons. The fraction of sp³-hybridized carbons (Fsp3) is 0.143. The third-order valence-corrected chi connectivity index (χ3v) is 5.26. The molecule has 0 saturated carbocycles. The van der Waals surface area contributed by atoms with E-state index < -0.39 is 0 Å². The van der Waals surface area contributed by atoms with E-state index in [4.69, 9.17) is 11.6 Å². The maximum absolute atomic E-state index is 6.53. The van der Waals surface area contributed by atoms with Gasteiger partial charge < -0.3 is 37.2 Å². The van der Waals surface area contributed by atoms with E-state index in [1.54, 1.807) is 0 Å². The van der Waals surface area contributed by atoms with Gasteiger partial charge in [-0.15, -0.1) is 0 Å². The number of fused-ring (bicyclic) bond motifs is 1. The van der Waals surface area contributed by atoms with E-state index in [-0.39, 0.29) is 42.7 Å². The SMILES string of the molecule is CC1=CC2=[C]([Zr+3])C(Cl)N(c3ccccc3)C2=C1.[Cl-].[Cl-].[Cl-]. The summed E-state index contributed by atoms with van der Waals surface area (Å²) in [6.07, 6.45) is 4.45. The number of halogens is 4. The number of para-hydroxylation sites is 1. The summed E-state index contributed by atoms with van der Waals surface area (Å²) in [7, 11) is 0. The van der Waals surface area contributed by atoms with Crippen molar-refractivity contribution in [3.05, 3.63) is 62.6 Å². The Hall–Kier alpha value is 0.283. The molecule has 20 heavy (non-hydrogen) atoms. The largest absolute Gasteiger partial charge is 1.00 e. The first-order valence-electron chi connectivity index (χ1n) is 5.53. The molecule has 0 aromatic heterocycles. The second kappa shape index (κ2) is 8.06. The summed E-state index contributed by atoms with van der Waals surface area (Å²) < 4.78 is 1.32. The predicted octanol–water partition coefficient (Wildman–Crippen LogP) is -5.27. The van der Waals surface area contributed by atoms with Crippen LogP contribution in [0.3, 0.4) is 0 Å². The number of hydrogen-bond acceptors (Lipinski definition) is 1. The van der Waals surface area contributed by atoms with E-state index in [9.17, 15) is 0 Å². The minimum atomic E-state index is -0.0267. The van der Waals surface area contributed by atoms with Gasteiger partial charge in [-0.25, -0.2) is 0 Å². The Morgan fingerprint density at radius 1 is 1.05 bits per heavy atom. The average Bonchev–Trinajstić information content (AvgIpc) is 2.80. The fourth-order valence-corrected chi connectivity index (χ4v) is 3.43. The van der Waals surface area contributed by atoms with Crippen molar-refractivity contribution in [3.8, 4) is 0 Å². The van der Waals surface area contributed by atoms with Crippen LogP contribution in [0.15, 0.2) is 62.6 Å². The molecule has 0 spiro atoms. The Labute approximate surface area is 158 Å². The topological polar surface area (TPSA) is 3.24 Å². The van der Waals surface area contributed by atoms with Gasteiger partial charge in [0.05, 0.1) is 0 Å². The fourth-order valence-electron chi connectivity index (χ4n) is 2.29. The van der Waals surface area contributed by atoms with Crippen molar-refractivity contribution in [2.24, 2.45) is 0 Å². The van der Waals surface area contributed by atoms with E-state index in [0.29, 0.717) is 0 Å². The summed E-state index contributed by atoms with van der Waals surface area (Å²) in [6.45, 7) is 2.13. The molecule has 3 rings (SSSR count). The van der Waals surface area contributed by atoms with Crippen LogP contribution in [0.4, 0.5) is 5.69 Å². The quantitative estimate of drug-likeness (QED) is 0.321. The molecule has 1 aliphatic heterocycles. The number of hydrogen-bond donors (Lipinski definition) is 0. The van der Waals surface area contributed by atoms with Gasteiger partial charge in [-0.1, -0.05) is 0 Å². The standard InChI is InChI=1S/C14H11ClN.3ClH.Zr/c1-10-7-11-9-14(15)16(13(11)8-10)12-5-3-2-4-6-12;;;;/h2-8,14H,1H3;3*1H;/q;;;;+3/p-3. The normalized spacial score (nSPS) is 19.4. The van der Waals surface area contributed by atoms with Crippen molar-refractivity contribution < 1.29 is 61.9 Å². The summed E-state index contributed by atoms with van der Waals surface area (Å²) in [5.74, 6) is 0. The number of allylic oxidation sites excluding steroid dienone is 3. The van der Waals surface area contributed by atoms with Gasteiger partial charge in [-0.2, -0.15) is 0 Å². The first-order valence-corrected chi connectivity index (χ1v) is 7.19. The van der Waals surface area contributed by atoms with Gasteiger partial charge in [0.25, 0.3) is 0 Å². The second-order valence-electron chi connectivity index (χ2n) is 4.29. The van der Waals surface area contributed by atoms with Crippen LogP contribution in [-0.2, 0) is 24.7 Å². The summed E-state index contributed by atoms with van der Waals surface area (Å²) in [4.78, 5) is 2.22. The number of benzene rings is 1. The van der Waals surface area contributed by atoms with Crippen LogP contribution < -0.4 is 42.1 Å². The Kier molecular flexibility index (Phi) is 8.17. The van der Waals surface area contributed by atoms with E-state index in [2.05, 4.69) is 48.2 Å². The maximum Gasteiger partial charge on any atom is -1.00 e. The zero-order chi connectivity index (χ0) is 12.0. The second-order valence-corrected chi connectivity index (χ2v) is 6.02. The maximum atomic E-state index is 6.53. The molecule has 1 aromatic carbocycles. The Morgan fingerprint density at radius 2 is 1.65 bits per heavy atom. The van der Waals surface area contributed by atoms with Gasteiger partial charge in [-0.3, -0.25) is 0 Å². The summed E-state index contributed by atoms with van der Waals surface area (Å²) >= 11 is 7.93. The van der Waals surface area contributed by atoms with E-state index in [0.717, 1.165) is 5.69 Å². The molecule has 1 aromatic rings. The van der Waals surface area contributed by atoms with Crippen LogP contribution in [0.2, 0.25) is 0 Å². The summed E-state index contributed by atoms with van der Waals surface area (Å²) in [5, 5.41) is 0. The monoisotopic (exact) mass is 423 g/mol. The summed E-state index contributed by atoms with van der Waals surface area (Å²) in [5.41, 5.74) is 5.02. The van der Waals surface area contributed by atoms with Crippen LogP contribution >= 0.6 is 11.6 Å². The zero-order valence-electron chi connectivity index (χ0n) is 10.6. The molecule has 0 bridgehead atoms. The van der Waals surface area contributed by atoms with Crippen molar-refractivity contribution in [2.75, 3.05) is 4.90 Å². The van der Waals surface area contributed by atoms with E-state index in [1.807, 2.05) is 6.07 Å². The number of rotatable bonds is 1. The minimum absolute atomic E-state index is 0. The predicted molar refractivity (Wildman–Crippen MR) is 67.4 cm³/mol. The van der Waals surface area contributed by atoms with Crippen LogP contribution in [0.5, 0.6) is 0 Å². The van der Waals surface area contributed by atoms with Crippen molar-refractivity contribution in [3.63, 3.8) is 0 Å². The van der Waals surface area contributed by atoms with Gasteiger partial charge in [0, 0.05) is 0 Å². The van der Waals surface area contributed by atoms with Crippen molar-refractivity contribution in [2.45, 2.75) is 12.4 Å². The van der Waals surface area contributed by atoms with Gasteiger partial charge >= 0.3 is 122 Å². The molecule has 0 amide bonds. The van der Waals surface area contributed by atoms with Crippen LogP contribution in [0.25, 0.3) is 0 Å². The molecule has 0 saturated heterocycles. The molecule has 1 atom stereocenters. The molecule has 0 fully saturated rings. The minimum Gasteiger partial charge on any atom is -1.00 e. The third-order valence-electron chi connectivity index (χ3n) is 3.06. The van der Waals surface area contributed by atoms with Crippen molar-refractivity contribution in [1.29, 1.82) is 0 Å². The van der Waals surface area contributed by atoms with Gasteiger partial charge in [-0.05, 0) is 0 Å². The van der Waals surface area contributed by atoms with E-state index in [1.165, 1.54) is 44.8 Å². The van der Waals surface area contributed by atoms with Crippen molar-refractivity contribution >= 4 is 17.3 Å². The first kappa shape index (κ1) is 20.3. The average molecular weight is 426 g/mol. The Bertz CT molecular complexity index is 566. The van der Waals surface area contributed by atoms with Gasteiger partial charge in [0.1, 0.15) is 0 Å². The molecule has 2 aliphatic rings. The first-order chi connectivity index (χ1) is 8.18. The Balaban J connectivity index is 0.00000120. The van der Waals surface area contributed by atoms with Crippen LogP contribution in [0, 0.1) is 0 Å². The number of alkyl halides is 1. The molecular weight excluding hydrogens is 415 g/mol. The third kappa shape index (κ3) is 3.37. The molecular formula is C14H11Cl4NZr.